The zero-order chi connectivity index (χ0) is 17.4. The van der Waals surface area contributed by atoms with Gasteiger partial charge in [-0.2, -0.15) is 0 Å². The van der Waals surface area contributed by atoms with Crippen molar-refractivity contribution in [1.82, 2.24) is 4.90 Å². The lowest BCUT2D eigenvalue weighted by Crippen LogP contribution is -2.33. The SMILES string of the molecule is CC(C)(CCN(CCc1ccccc1)Cc1ccccc1)C(=O)O. The quantitative estimate of drug-likeness (QED) is 0.750. The first kappa shape index (κ1) is 18.2. The van der Waals surface area contributed by atoms with Crippen LogP contribution < -0.4 is 0 Å². The number of nitrogens with zero attached hydrogens (tertiary/aromatic N) is 1. The molecule has 0 bridgehead atoms. The van der Waals surface area contributed by atoms with Crippen LogP contribution in [-0.4, -0.2) is 29.1 Å². The van der Waals surface area contributed by atoms with Crippen molar-refractivity contribution in [2.24, 2.45) is 5.41 Å². The van der Waals surface area contributed by atoms with Crippen LogP contribution >= 0.6 is 0 Å². The molecule has 2 aromatic rings. The van der Waals surface area contributed by atoms with E-state index in [1.165, 1.54) is 11.1 Å². The van der Waals surface area contributed by atoms with Crippen LogP contribution in [0.3, 0.4) is 0 Å². The fraction of sp³-hybridized carbons (Fsp3) is 0.381. The molecule has 0 spiro atoms. The molecule has 0 radical (unpaired) electrons. The average molecular weight is 325 g/mol. The molecule has 0 saturated carbocycles. The first-order valence-corrected chi connectivity index (χ1v) is 8.51. The molecule has 0 fully saturated rings. The van der Waals surface area contributed by atoms with Crippen LogP contribution in [0.5, 0.6) is 0 Å². The van der Waals surface area contributed by atoms with Crippen molar-refractivity contribution in [3.63, 3.8) is 0 Å². The second kappa shape index (κ2) is 8.65. The Morgan fingerprint density at radius 3 is 2.00 bits per heavy atom. The summed E-state index contributed by atoms with van der Waals surface area (Å²) in [6.07, 6.45) is 1.62. The number of hydrogen-bond donors (Lipinski definition) is 1. The molecule has 2 aromatic carbocycles. The number of benzene rings is 2. The van der Waals surface area contributed by atoms with Crippen molar-refractivity contribution in [3.8, 4) is 0 Å². The lowest BCUT2D eigenvalue weighted by molar-refractivity contribution is -0.147. The van der Waals surface area contributed by atoms with Crippen LogP contribution in [-0.2, 0) is 17.8 Å². The van der Waals surface area contributed by atoms with E-state index in [0.717, 1.165) is 26.1 Å². The minimum Gasteiger partial charge on any atom is -0.481 e. The van der Waals surface area contributed by atoms with Gasteiger partial charge in [-0.25, -0.2) is 0 Å². The summed E-state index contributed by atoms with van der Waals surface area (Å²) in [5.41, 5.74) is 1.88. The van der Waals surface area contributed by atoms with Gasteiger partial charge in [-0.3, -0.25) is 9.69 Å². The minimum absolute atomic E-state index is 0.643. The highest BCUT2D eigenvalue weighted by Crippen LogP contribution is 2.21. The van der Waals surface area contributed by atoms with E-state index in [1.54, 1.807) is 13.8 Å². The van der Waals surface area contributed by atoms with Crippen molar-refractivity contribution in [2.75, 3.05) is 13.1 Å². The molecule has 2 rings (SSSR count). The van der Waals surface area contributed by atoms with Gasteiger partial charge in [-0.1, -0.05) is 60.7 Å². The fourth-order valence-electron chi connectivity index (χ4n) is 2.59. The molecule has 128 valence electrons. The van der Waals surface area contributed by atoms with Gasteiger partial charge in [-0.15, -0.1) is 0 Å². The van der Waals surface area contributed by atoms with E-state index in [9.17, 15) is 9.90 Å². The molecule has 0 atom stereocenters. The van der Waals surface area contributed by atoms with E-state index < -0.39 is 11.4 Å². The van der Waals surface area contributed by atoms with Gasteiger partial charge in [0.05, 0.1) is 5.41 Å². The van der Waals surface area contributed by atoms with Crippen molar-refractivity contribution < 1.29 is 9.90 Å². The summed E-state index contributed by atoms with van der Waals surface area (Å²) in [5.74, 6) is -0.731. The predicted molar refractivity (Wildman–Crippen MR) is 97.9 cm³/mol. The van der Waals surface area contributed by atoms with Crippen LogP contribution in [0.2, 0.25) is 0 Å². The van der Waals surface area contributed by atoms with E-state index in [-0.39, 0.29) is 0 Å². The normalized spacial score (nSPS) is 11.6. The van der Waals surface area contributed by atoms with Gasteiger partial charge in [0.2, 0.25) is 0 Å². The summed E-state index contributed by atoms with van der Waals surface area (Å²) in [5, 5.41) is 9.33. The third-order valence-corrected chi connectivity index (χ3v) is 4.44. The standard InChI is InChI=1S/C21H27NO2/c1-21(2,20(23)24)14-16-22(17-19-11-7-4-8-12-19)15-13-18-9-5-3-6-10-18/h3-12H,13-17H2,1-2H3,(H,23,24). The zero-order valence-corrected chi connectivity index (χ0v) is 14.6. The molecule has 0 saturated heterocycles. The van der Waals surface area contributed by atoms with Gasteiger partial charge in [0, 0.05) is 13.1 Å². The van der Waals surface area contributed by atoms with Crippen molar-refractivity contribution >= 4 is 5.97 Å². The Morgan fingerprint density at radius 1 is 0.917 bits per heavy atom. The smallest absolute Gasteiger partial charge is 0.309 e. The Hall–Kier alpha value is -2.13. The molecule has 0 aliphatic carbocycles. The van der Waals surface area contributed by atoms with E-state index in [0.29, 0.717) is 6.42 Å². The molecular formula is C21H27NO2. The first-order chi connectivity index (χ1) is 11.5. The van der Waals surface area contributed by atoms with Crippen molar-refractivity contribution in [3.05, 3.63) is 71.8 Å². The van der Waals surface area contributed by atoms with Gasteiger partial charge >= 0.3 is 5.97 Å². The highest BCUT2D eigenvalue weighted by atomic mass is 16.4. The number of rotatable bonds is 9. The summed E-state index contributed by atoms with van der Waals surface area (Å²) < 4.78 is 0. The number of hydrogen-bond acceptors (Lipinski definition) is 2. The van der Waals surface area contributed by atoms with Gasteiger partial charge < -0.3 is 5.11 Å². The summed E-state index contributed by atoms with van der Waals surface area (Å²) in [6.45, 7) is 6.15. The topological polar surface area (TPSA) is 40.5 Å². The number of carbonyl (C=O) groups is 1. The van der Waals surface area contributed by atoms with E-state index in [2.05, 4.69) is 41.3 Å². The predicted octanol–water partition coefficient (Wildman–Crippen LogP) is 4.23. The van der Waals surface area contributed by atoms with Gasteiger partial charge in [0.15, 0.2) is 0 Å². The maximum absolute atomic E-state index is 11.4. The molecular weight excluding hydrogens is 298 g/mol. The maximum atomic E-state index is 11.4. The Bertz CT molecular complexity index is 623. The monoisotopic (exact) mass is 325 g/mol. The summed E-state index contributed by atoms with van der Waals surface area (Å²) in [7, 11) is 0. The third kappa shape index (κ3) is 5.82. The molecule has 1 N–H and O–H groups in total. The molecule has 3 heteroatoms. The molecule has 0 aliphatic heterocycles. The zero-order valence-electron chi connectivity index (χ0n) is 14.6. The lowest BCUT2D eigenvalue weighted by atomic mass is 9.89. The lowest BCUT2D eigenvalue weighted by Gasteiger charge is -2.27. The van der Waals surface area contributed by atoms with Gasteiger partial charge in [0.25, 0.3) is 0 Å². The van der Waals surface area contributed by atoms with Crippen molar-refractivity contribution in [2.45, 2.75) is 33.2 Å². The van der Waals surface area contributed by atoms with Crippen LogP contribution in [0, 0.1) is 5.41 Å². The molecule has 0 amide bonds. The number of aliphatic carboxylic acids is 1. The highest BCUT2D eigenvalue weighted by molar-refractivity contribution is 5.73. The Morgan fingerprint density at radius 2 is 1.46 bits per heavy atom. The Labute approximate surface area is 144 Å². The van der Waals surface area contributed by atoms with Crippen LogP contribution in [0.4, 0.5) is 0 Å². The van der Waals surface area contributed by atoms with Gasteiger partial charge in [-0.05, 0) is 44.4 Å². The largest absolute Gasteiger partial charge is 0.481 e. The second-order valence-corrected chi connectivity index (χ2v) is 6.94. The Kier molecular flexibility index (Phi) is 6.56. The average Bonchev–Trinajstić information content (AvgIpc) is 2.59. The number of carboxylic acid groups (broad SMARTS) is 1. The number of carboxylic acids is 1. The van der Waals surface area contributed by atoms with Crippen LogP contribution in [0.15, 0.2) is 60.7 Å². The van der Waals surface area contributed by atoms with Crippen LogP contribution in [0.1, 0.15) is 31.4 Å². The highest BCUT2D eigenvalue weighted by Gasteiger charge is 2.27. The van der Waals surface area contributed by atoms with E-state index in [1.807, 2.05) is 24.3 Å². The molecule has 0 unspecified atom stereocenters. The maximum Gasteiger partial charge on any atom is 0.309 e. The Balaban J connectivity index is 1.99. The summed E-state index contributed by atoms with van der Waals surface area (Å²) in [4.78, 5) is 13.7. The van der Waals surface area contributed by atoms with E-state index in [4.69, 9.17) is 0 Å². The second-order valence-electron chi connectivity index (χ2n) is 6.94. The first-order valence-electron chi connectivity index (χ1n) is 8.51. The van der Waals surface area contributed by atoms with Crippen LogP contribution in [0.25, 0.3) is 0 Å². The molecule has 0 aromatic heterocycles. The summed E-state index contributed by atoms with van der Waals surface area (Å²) in [6, 6.07) is 20.8. The van der Waals surface area contributed by atoms with Gasteiger partial charge in [0.1, 0.15) is 0 Å². The molecule has 0 aliphatic rings. The molecule has 0 heterocycles. The van der Waals surface area contributed by atoms with Crippen molar-refractivity contribution in [1.29, 1.82) is 0 Å². The minimum atomic E-state index is -0.731. The fourth-order valence-corrected chi connectivity index (χ4v) is 2.59. The molecule has 3 nitrogen and oxygen atoms in total. The molecule has 24 heavy (non-hydrogen) atoms. The van der Waals surface area contributed by atoms with E-state index >= 15 is 0 Å². The summed E-state index contributed by atoms with van der Waals surface area (Å²) >= 11 is 0. The third-order valence-electron chi connectivity index (χ3n) is 4.44.